The summed E-state index contributed by atoms with van der Waals surface area (Å²) >= 11 is -1.72. The third-order valence-corrected chi connectivity index (χ3v) is 3.89. The van der Waals surface area contributed by atoms with Crippen molar-refractivity contribution in [3.05, 3.63) is 29.8 Å². The second-order valence-electron chi connectivity index (χ2n) is 2.33. The monoisotopic (exact) mass is 300 g/mol. The van der Waals surface area contributed by atoms with E-state index in [0.29, 0.717) is 4.90 Å². The van der Waals surface area contributed by atoms with Gasteiger partial charge in [0.05, 0.1) is 0 Å². The molecule has 0 aliphatic heterocycles. The van der Waals surface area contributed by atoms with Crippen LogP contribution in [0, 0.1) is 0 Å². The Kier molecular flexibility index (Phi) is 4.23. The van der Waals surface area contributed by atoms with Gasteiger partial charge >= 0.3 is 84.9 Å². The standard InChI is InChI=1S/C8H10O2STe/c1-12-6-7-2-4-8(5-3-7)11(9)10/h2-5H,6H2,1H3,(H,9,10). The summed E-state index contributed by atoms with van der Waals surface area (Å²) in [5.41, 5.74) is 1.27. The summed E-state index contributed by atoms with van der Waals surface area (Å²) in [6, 6.07) is 7.29. The van der Waals surface area contributed by atoms with Gasteiger partial charge in [0.15, 0.2) is 0 Å². The molecule has 0 aromatic heterocycles. The van der Waals surface area contributed by atoms with Gasteiger partial charge in [-0.2, -0.15) is 0 Å². The van der Waals surface area contributed by atoms with E-state index < -0.39 is 11.1 Å². The Morgan fingerprint density at radius 2 is 2.00 bits per heavy atom. The van der Waals surface area contributed by atoms with Crippen LogP contribution in [0.15, 0.2) is 29.2 Å². The van der Waals surface area contributed by atoms with Crippen molar-refractivity contribution in [2.24, 2.45) is 0 Å². The summed E-state index contributed by atoms with van der Waals surface area (Å²) in [5, 5.41) is 0. The fourth-order valence-corrected chi connectivity index (χ4v) is 2.74. The van der Waals surface area contributed by atoms with Crippen LogP contribution >= 0.6 is 0 Å². The molecule has 1 aromatic carbocycles. The van der Waals surface area contributed by atoms with Gasteiger partial charge in [-0.25, -0.2) is 0 Å². The van der Waals surface area contributed by atoms with Gasteiger partial charge in [-0.15, -0.1) is 0 Å². The predicted octanol–water partition coefficient (Wildman–Crippen LogP) is 1.52. The molecule has 1 atom stereocenters. The van der Waals surface area contributed by atoms with Crippen molar-refractivity contribution >= 4 is 32.0 Å². The molecule has 0 radical (unpaired) electrons. The van der Waals surface area contributed by atoms with Crippen LogP contribution in [-0.4, -0.2) is 29.7 Å². The zero-order valence-electron chi connectivity index (χ0n) is 6.69. The zero-order chi connectivity index (χ0) is 8.97. The summed E-state index contributed by atoms with van der Waals surface area (Å²) in [7, 11) is 0. The van der Waals surface area contributed by atoms with Crippen LogP contribution < -0.4 is 0 Å². The van der Waals surface area contributed by atoms with Crippen LogP contribution in [0.5, 0.6) is 0 Å². The summed E-state index contributed by atoms with van der Waals surface area (Å²) in [4.78, 5) is 2.72. The van der Waals surface area contributed by atoms with Crippen LogP contribution in [-0.2, 0) is 15.5 Å². The van der Waals surface area contributed by atoms with Crippen molar-refractivity contribution in [1.29, 1.82) is 0 Å². The Morgan fingerprint density at radius 3 is 2.42 bits per heavy atom. The number of rotatable bonds is 3. The van der Waals surface area contributed by atoms with Crippen molar-refractivity contribution in [3.8, 4) is 0 Å². The topological polar surface area (TPSA) is 37.3 Å². The first-order valence-electron chi connectivity index (χ1n) is 3.43. The van der Waals surface area contributed by atoms with E-state index in [0.717, 1.165) is 4.47 Å². The SMILES string of the molecule is C[Te]Cc1ccc(S(=O)O)cc1. The van der Waals surface area contributed by atoms with Crippen LogP contribution in [0.4, 0.5) is 0 Å². The molecular weight excluding hydrogens is 288 g/mol. The first-order valence-corrected chi connectivity index (χ1v) is 8.51. The van der Waals surface area contributed by atoms with Gasteiger partial charge in [0.1, 0.15) is 0 Å². The molecule has 1 rings (SSSR count). The van der Waals surface area contributed by atoms with E-state index in [-0.39, 0.29) is 20.9 Å². The van der Waals surface area contributed by atoms with E-state index in [1.54, 1.807) is 12.1 Å². The van der Waals surface area contributed by atoms with E-state index in [9.17, 15) is 4.21 Å². The van der Waals surface area contributed by atoms with Crippen LogP contribution in [0.1, 0.15) is 5.56 Å². The Balaban J connectivity index is 2.78. The van der Waals surface area contributed by atoms with Crippen LogP contribution in [0.2, 0.25) is 4.97 Å². The molecule has 0 spiro atoms. The minimum atomic E-state index is -1.83. The molecule has 0 bridgehead atoms. The summed E-state index contributed by atoms with van der Waals surface area (Å²) in [6.45, 7) is 0. The third-order valence-electron chi connectivity index (χ3n) is 1.44. The Morgan fingerprint density at radius 1 is 1.42 bits per heavy atom. The number of benzene rings is 1. The van der Waals surface area contributed by atoms with Gasteiger partial charge in [0.2, 0.25) is 0 Å². The molecule has 12 heavy (non-hydrogen) atoms. The second-order valence-corrected chi connectivity index (χ2v) is 5.77. The summed E-state index contributed by atoms with van der Waals surface area (Å²) < 4.78 is 20.5. The van der Waals surface area contributed by atoms with E-state index in [1.807, 2.05) is 12.1 Å². The van der Waals surface area contributed by atoms with E-state index in [2.05, 4.69) is 4.97 Å². The van der Waals surface area contributed by atoms with Gasteiger partial charge in [0.25, 0.3) is 0 Å². The molecule has 0 heterocycles. The summed E-state index contributed by atoms with van der Waals surface area (Å²) in [5.74, 6) is 0. The zero-order valence-corrected chi connectivity index (χ0v) is 9.84. The molecule has 0 fully saturated rings. The van der Waals surface area contributed by atoms with Gasteiger partial charge in [-0.1, -0.05) is 0 Å². The molecule has 2 nitrogen and oxygen atoms in total. The van der Waals surface area contributed by atoms with Crippen molar-refractivity contribution in [2.45, 2.75) is 14.3 Å². The molecule has 0 amide bonds. The Hall–Kier alpha value is 0.120. The fourth-order valence-electron chi connectivity index (χ4n) is 0.869. The molecule has 0 saturated carbocycles. The van der Waals surface area contributed by atoms with Gasteiger partial charge in [0, 0.05) is 0 Å². The average molecular weight is 298 g/mol. The molecule has 1 N–H and O–H groups in total. The average Bonchev–Trinajstić information content (AvgIpc) is 2.06. The van der Waals surface area contributed by atoms with Gasteiger partial charge < -0.3 is 0 Å². The van der Waals surface area contributed by atoms with E-state index in [4.69, 9.17) is 4.55 Å². The maximum atomic E-state index is 10.6. The van der Waals surface area contributed by atoms with Gasteiger partial charge in [-0.05, 0) is 0 Å². The van der Waals surface area contributed by atoms with Crippen LogP contribution in [0.25, 0.3) is 0 Å². The molecule has 0 aliphatic rings. The fraction of sp³-hybridized carbons (Fsp3) is 0.250. The molecule has 66 valence electrons. The van der Waals surface area contributed by atoms with Gasteiger partial charge in [-0.3, -0.25) is 0 Å². The summed E-state index contributed by atoms with van der Waals surface area (Å²) in [6.07, 6.45) is 0. The molecule has 4 heteroatoms. The van der Waals surface area contributed by atoms with Crippen molar-refractivity contribution in [1.82, 2.24) is 0 Å². The van der Waals surface area contributed by atoms with E-state index in [1.165, 1.54) is 5.56 Å². The Labute approximate surface area is 84.7 Å². The normalized spacial score (nSPS) is 12.8. The number of hydrogen-bond acceptors (Lipinski definition) is 1. The molecular formula is C8H10O2STe. The second kappa shape index (κ2) is 4.98. The van der Waals surface area contributed by atoms with Crippen LogP contribution in [0.3, 0.4) is 0 Å². The number of hydrogen-bond donors (Lipinski definition) is 1. The first-order chi connectivity index (χ1) is 5.74. The molecule has 0 aliphatic carbocycles. The van der Waals surface area contributed by atoms with Crippen molar-refractivity contribution in [2.75, 3.05) is 0 Å². The van der Waals surface area contributed by atoms with Crippen molar-refractivity contribution < 1.29 is 8.76 Å². The molecule has 1 unspecified atom stereocenters. The van der Waals surface area contributed by atoms with E-state index >= 15 is 0 Å². The third kappa shape index (κ3) is 2.87. The molecule has 0 saturated heterocycles. The van der Waals surface area contributed by atoms with Crippen molar-refractivity contribution in [3.63, 3.8) is 0 Å². The maximum absolute atomic E-state index is 10.6. The molecule has 1 aromatic rings. The predicted molar refractivity (Wildman–Crippen MR) is 50.8 cm³/mol. The quantitative estimate of drug-likeness (QED) is 0.678. The first kappa shape index (κ1) is 10.2. The minimum absolute atomic E-state index is 0.113. The Bertz CT molecular complexity index is 271.